The van der Waals surface area contributed by atoms with E-state index >= 15 is 0 Å². The van der Waals surface area contributed by atoms with Crippen molar-refractivity contribution in [2.45, 2.75) is 38.1 Å². The fourth-order valence-electron chi connectivity index (χ4n) is 1.83. The second-order valence-electron chi connectivity index (χ2n) is 3.75. The Morgan fingerprint density at radius 1 is 1.47 bits per heavy atom. The summed E-state index contributed by atoms with van der Waals surface area (Å²) in [7, 11) is 1.76. The molecule has 0 spiro atoms. The molecule has 4 nitrogen and oxygen atoms in total. The van der Waals surface area contributed by atoms with Crippen LogP contribution in [-0.4, -0.2) is 17.8 Å². The van der Waals surface area contributed by atoms with Crippen molar-refractivity contribution in [1.82, 2.24) is 9.38 Å². The van der Waals surface area contributed by atoms with Gasteiger partial charge in [0.1, 0.15) is 0 Å². The van der Waals surface area contributed by atoms with Crippen LogP contribution in [-0.2, 0) is 21.9 Å². The van der Waals surface area contributed by atoms with Crippen LogP contribution in [0.2, 0.25) is 0 Å². The zero-order valence-corrected chi connectivity index (χ0v) is 12.0. The summed E-state index contributed by atoms with van der Waals surface area (Å²) >= 11 is 1.44. The molecule has 2 aromatic rings. The van der Waals surface area contributed by atoms with Crippen molar-refractivity contribution in [1.29, 1.82) is 0 Å². The number of hydrogen-bond acceptors (Lipinski definition) is 4. The summed E-state index contributed by atoms with van der Waals surface area (Å²) in [6.45, 7) is 3.96. The highest BCUT2D eigenvalue weighted by Gasteiger charge is 2.24. The monoisotopic (exact) mass is 292 g/mol. The van der Waals surface area contributed by atoms with Gasteiger partial charge >= 0.3 is 0 Å². The summed E-state index contributed by atoms with van der Waals surface area (Å²) in [5.74, 6) is 0. The van der Waals surface area contributed by atoms with E-state index in [1.807, 2.05) is 19.2 Å². The molecule has 0 radical (unpaired) electrons. The van der Waals surface area contributed by atoms with Crippen LogP contribution >= 0.6 is 22.0 Å². The van der Waals surface area contributed by atoms with Crippen LogP contribution in [0, 0.1) is 0 Å². The molecule has 0 saturated carbocycles. The summed E-state index contributed by atoms with van der Waals surface area (Å²) in [5, 5.41) is 2.07. The fraction of sp³-hybridized carbons (Fsp3) is 0.500. The quantitative estimate of drug-likeness (QED) is 0.814. The maximum Gasteiger partial charge on any atom is 0.279 e. The molecule has 0 N–H and O–H groups in total. The second-order valence-corrected chi connectivity index (χ2v) is 7.07. The van der Waals surface area contributed by atoms with Crippen LogP contribution in [0.25, 0.3) is 4.96 Å². The lowest BCUT2D eigenvalue weighted by atomic mass is 10.3. The Morgan fingerprint density at radius 3 is 2.71 bits per heavy atom. The Balaban J connectivity index is 2.80. The minimum absolute atomic E-state index is 0.147. The molecule has 2 heterocycles. The van der Waals surface area contributed by atoms with E-state index in [1.165, 1.54) is 11.3 Å². The number of aryl methyl sites for hydroxylation is 2. The van der Waals surface area contributed by atoms with Gasteiger partial charge in [0.25, 0.3) is 9.05 Å². The van der Waals surface area contributed by atoms with Crippen molar-refractivity contribution in [2.24, 2.45) is 0 Å². The summed E-state index contributed by atoms with van der Waals surface area (Å²) in [6.07, 6.45) is 2.21. The van der Waals surface area contributed by atoms with Crippen molar-refractivity contribution in [3.63, 3.8) is 0 Å². The third-order valence-corrected chi connectivity index (χ3v) is 4.73. The van der Waals surface area contributed by atoms with E-state index in [2.05, 4.69) is 4.98 Å². The van der Waals surface area contributed by atoms with Gasteiger partial charge in [-0.15, -0.1) is 11.3 Å². The van der Waals surface area contributed by atoms with Gasteiger partial charge in [0.15, 0.2) is 9.99 Å². The van der Waals surface area contributed by atoms with Crippen LogP contribution in [0.1, 0.15) is 31.7 Å². The van der Waals surface area contributed by atoms with E-state index in [-0.39, 0.29) is 5.03 Å². The molecular formula is C10H13ClN2O2S2. The molecule has 17 heavy (non-hydrogen) atoms. The number of fused-ring (bicyclic) bond motifs is 1. The maximum atomic E-state index is 11.7. The van der Waals surface area contributed by atoms with Crippen molar-refractivity contribution in [3.8, 4) is 0 Å². The highest BCUT2D eigenvalue weighted by Crippen LogP contribution is 2.28. The first-order valence-electron chi connectivity index (χ1n) is 5.41. The van der Waals surface area contributed by atoms with Crippen molar-refractivity contribution in [3.05, 3.63) is 16.8 Å². The Kier molecular flexibility index (Phi) is 3.47. The SMILES string of the molecule is CCCc1nc2scc(CC)n2c1S(=O)(=O)Cl. The zero-order chi connectivity index (χ0) is 12.6. The van der Waals surface area contributed by atoms with Gasteiger partial charge in [0.2, 0.25) is 0 Å². The maximum absolute atomic E-state index is 11.7. The zero-order valence-electron chi connectivity index (χ0n) is 9.60. The number of nitrogens with zero attached hydrogens (tertiary/aromatic N) is 2. The summed E-state index contributed by atoms with van der Waals surface area (Å²) in [4.78, 5) is 5.05. The molecule has 7 heteroatoms. The van der Waals surface area contributed by atoms with Gasteiger partial charge < -0.3 is 0 Å². The van der Waals surface area contributed by atoms with Gasteiger partial charge in [0, 0.05) is 21.8 Å². The van der Waals surface area contributed by atoms with Gasteiger partial charge in [-0.3, -0.25) is 4.40 Å². The number of halogens is 1. The lowest BCUT2D eigenvalue weighted by molar-refractivity contribution is 0.602. The average Bonchev–Trinajstić information content (AvgIpc) is 2.74. The highest BCUT2D eigenvalue weighted by atomic mass is 35.7. The number of aromatic nitrogens is 2. The number of hydrogen-bond donors (Lipinski definition) is 0. The molecule has 0 unspecified atom stereocenters. The average molecular weight is 293 g/mol. The van der Waals surface area contributed by atoms with E-state index < -0.39 is 9.05 Å². The van der Waals surface area contributed by atoms with E-state index in [4.69, 9.17) is 10.7 Å². The van der Waals surface area contributed by atoms with E-state index in [0.717, 1.165) is 18.5 Å². The molecular weight excluding hydrogens is 280 g/mol. The molecule has 0 aliphatic heterocycles. The van der Waals surface area contributed by atoms with Gasteiger partial charge in [-0.1, -0.05) is 20.3 Å². The first kappa shape index (κ1) is 12.9. The second kappa shape index (κ2) is 4.59. The first-order chi connectivity index (χ1) is 7.99. The minimum Gasteiger partial charge on any atom is -0.277 e. The Labute approximate surface area is 109 Å². The van der Waals surface area contributed by atoms with Gasteiger partial charge in [-0.25, -0.2) is 13.4 Å². The fourth-order valence-corrected chi connectivity index (χ4v) is 4.20. The molecule has 0 fully saturated rings. The third kappa shape index (κ3) is 2.21. The van der Waals surface area contributed by atoms with Crippen LogP contribution in [0.3, 0.4) is 0 Å². The molecule has 0 aromatic carbocycles. The lowest BCUT2D eigenvalue weighted by Gasteiger charge is -2.01. The smallest absolute Gasteiger partial charge is 0.277 e. The Hall–Kier alpha value is -0.590. The predicted molar refractivity (Wildman–Crippen MR) is 69.5 cm³/mol. The van der Waals surface area contributed by atoms with E-state index in [9.17, 15) is 8.42 Å². The lowest BCUT2D eigenvalue weighted by Crippen LogP contribution is -2.03. The predicted octanol–water partition coefficient (Wildman–Crippen LogP) is 2.84. The topological polar surface area (TPSA) is 51.4 Å². The van der Waals surface area contributed by atoms with Gasteiger partial charge in [-0.2, -0.15) is 0 Å². The molecule has 0 amide bonds. The van der Waals surface area contributed by atoms with Crippen LogP contribution in [0.15, 0.2) is 10.4 Å². The van der Waals surface area contributed by atoms with Gasteiger partial charge in [0.05, 0.1) is 5.69 Å². The Morgan fingerprint density at radius 2 is 2.18 bits per heavy atom. The number of thiazole rings is 1. The Bertz CT molecular complexity index is 643. The highest BCUT2D eigenvalue weighted by molar-refractivity contribution is 8.13. The molecule has 2 rings (SSSR count). The molecule has 0 aliphatic rings. The molecule has 94 valence electrons. The van der Waals surface area contributed by atoms with Gasteiger partial charge in [-0.05, 0) is 12.8 Å². The summed E-state index contributed by atoms with van der Waals surface area (Å²) in [6, 6.07) is 0. The summed E-state index contributed by atoms with van der Waals surface area (Å²) < 4.78 is 25.0. The van der Waals surface area contributed by atoms with Crippen LogP contribution < -0.4 is 0 Å². The van der Waals surface area contributed by atoms with E-state index in [0.29, 0.717) is 17.1 Å². The standard InChI is InChI=1S/C10H13ClN2O2S2/c1-3-5-8-9(17(11,14)15)13-7(4-2)6-16-10(13)12-8/h6H,3-5H2,1-2H3. The molecule has 0 bridgehead atoms. The largest absolute Gasteiger partial charge is 0.279 e. The summed E-state index contributed by atoms with van der Waals surface area (Å²) in [5.41, 5.74) is 1.50. The number of rotatable bonds is 4. The normalized spacial score (nSPS) is 12.4. The van der Waals surface area contributed by atoms with Crippen molar-refractivity contribution >= 4 is 36.0 Å². The molecule has 2 aromatic heterocycles. The minimum atomic E-state index is -3.76. The molecule has 0 aliphatic carbocycles. The third-order valence-electron chi connectivity index (χ3n) is 2.54. The van der Waals surface area contributed by atoms with E-state index in [1.54, 1.807) is 4.40 Å². The van der Waals surface area contributed by atoms with Crippen LogP contribution in [0.5, 0.6) is 0 Å². The molecule has 0 atom stereocenters. The van der Waals surface area contributed by atoms with Crippen molar-refractivity contribution < 1.29 is 8.42 Å². The first-order valence-corrected chi connectivity index (χ1v) is 8.60. The number of imidazole rings is 1. The molecule has 0 saturated heterocycles. The van der Waals surface area contributed by atoms with Crippen LogP contribution in [0.4, 0.5) is 0 Å². The van der Waals surface area contributed by atoms with Crippen molar-refractivity contribution in [2.75, 3.05) is 0 Å².